The van der Waals surface area contributed by atoms with E-state index in [0.717, 1.165) is 11.3 Å². The summed E-state index contributed by atoms with van der Waals surface area (Å²) in [5.74, 6) is -1.75. The van der Waals surface area contributed by atoms with Crippen LogP contribution in [0.2, 0.25) is 0 Å². The molecule has 2 atom stereocenters. The smallest absolute Gasteiger partial charge is 0.352 e. The maximum Gasteiger partial charge on any atom is 0.352 e. The van der Waals surface area contributed by atoms with Crippen molar-refractivity contribution in [1.82, 2.24) is 24.6 Å². The number of hydrogen-bond acceptors (Lipinski definition) is 13. The number of aromatic nitrogens is 3. The zero-order valence-corrected chi connectivity index (χ0v) is 20.4. The number of nitrogens with zero attached hydrogens (tertiary/aromatic N) is 5. The van der Waals surface area contributed by atoms with Crippen LogP contribution in [0.25, 0.3) is 0 Å². The molecule has 2 aromatic rings. The molecule has 1 fully saturated rings. The zero-order chi connectivity index (χ0) is 24.2. The van der Waals surface area contributed by atoms with Crippen LogP contribution in [0.4, 0.5) is 5.13 Å². The molecule has 3 amide bonds. The van der Waals surface area contributed by atoms with Crippen LogP contribution in [0.3, 0.4) is 0 Å². The van der Waals surface area contributed by atoms with E-state index in [2.05, 4.69) is 30.1 Å². The molecule has 17 heteroatoms. The topological polar surface area (TPSA) is 176 Å². The van der Waals surface area contributed by atoms with Crippen molar-refractivity contribution < 1.29 is 29.1 Å². The van der Waals surface area contributed by atoms with Crippen LogP contribution in [0, 0.1) is 0 Å². The summed E-state index contributed by atoms with van der Waals surface area (Å²) >= 11 is 4.99. The maximum atomic E-state index is 12.9. The van der Waals surface area contributed by atoms with Crippen molar-refractivity contribution >= 4 is 81.4 Å². The molecular formula is C17H15N7O6S4. The third-order valence-corrected chi connectivity index (χ3v) is 8.57. The minimum absolute atomic E-state index is 0.0777. The van der Waals surface area contributed by atoms with Crippen LogP contribution in [-0.4, -0.2) is 84.3 Å². The number of anilines is 1. The average Bonchev–Trinajstić information content (AvgIpc) is 3.51. The van der Waals surface area contributed by atoms with Gasteiger partial charge in [-0.1, -0.05) is 16.9 Å². The Kier molecular flexibility index (Phi) is 7.44. The van der Waals surface area contributed by atoms with Crippen LogP contribution in [0.1, 0.15) is 5.69 Å². The number of carboxylic acid groups (broad SMARTS) is 1. The second-order valence-corrected chi connectivity index (χ2v) is 10.5. The molecule has 4 rings (SSSR count). The van der Waals surface area contributed by atoms with Gasteiger partial charge in [-0.3, -0.25) is 19.3 Å². The van der Waals surface area contributed by atoms with Gasteiger partial charge in [-0.25, -0.2) is 14.8 Å². The standard InChI is InChI=1S/C17H15N7O6S4/c1-30-23-9(8-4-32-16(21-8)19-6-25)12(26)22-10-13(27)24-11(15(28)29)7(2-31-14(10)24)3-33-17-18-5-20-34-17/h4-6,10,14H,2-3H2,1H3,(H,22,26)(H,28,29)(H,19,21,25)/b23-9-/t10?,14-/m1/s1. The van der Waals surface area contributed by atoms with Gasteiger partial charge in [0, 0.05) is 16.9 Å². The van der Waals surface area contributed by atoms with E-state index in [1.807, 2.05) is 0 Å². The number of rotatable bonds is 10. The second-order valence-electron chi connectivity index (χ2n) is 6.54. The summed E-state index contributed by atoms with van der Waals surface area (Å²) in [5, 5.41) is 19.6. The SMILES string of the molecule is CO/N=C(\C(=O)NC1C(=O)N2C(C(=O)O)=C(CSc3ncns3)CS[C@H]12)c1csc(NC=O)n1. The Bertz CT molecular complexity index is 1180. The first-order valence-electron chi connectivity index (χ1n) is 9.32. The Morgan fingerprint density at radius 1 is 1.47 bits per heavy atom. The second kappa shape index (κ2) is 10.5. The van der Waals surface area contributed by atoms with Crippen molar-refractivity contribution in [3.05, 3.63) is 28.7 Å². The van der Waals surface area contributed by atoms with Crippen LogP contribution in [0.5, 0.6) is 0 Å². The Morgan fingerprint density at radius 3 is 2.97 bits per heavy atom. The van der Waals surface area contributed by atoms with Gasteiger partial charge < -0.3 is 20.6 Å². The van der Waals surface area contributed by atoms with Gasteiger partial charge in [-0.05, 0) is 17.1 Å². The molecule has 2 aromatic heterocycles. The molecule has 178 valence electrons. The zero-order valence-electron chi connectivity index (χ0n) is 17.2. The number of thioether (sulfide) groups is 2. The van der Waals surface area contributed by atoms with Crippen LogP contribution >= 0.6 is 46.4 Å². The van der Waals surface area contributed by atoms with Gasteiger partial charge in [0.2, 0.25) is 6.41 Å². The summed E-state index contributed by atoms with van der Waals surface area (Å²) in [4.78, 5) is 62.4. The lowest BCUT2D eigenvalue weighted by Crippen LogP contribution is -2.71. The summed E-state index contributed by atoms with van der Waals surface area (Å²) in [5.41, 5.74) is 0.473. The van der Waals surface area contributed by atoms with E-state index in [-0.39, 0.29) is 22.2 Å². The predicted octanol–water partition coefficient (Wildman–Crippen LogP) is 0.444. The molecule has 0 aliphatic carbocycles. The lowest BCUT2D eigenvalue weighted by atomic mass is 10.0. The number of nitrogens with one attached hydrogen (secondary N) is 2. The first-order valence-corrected chi connectivity index (χ1v) is 13.0. The number of thiazole rings is 1. The number of aliphatic carboxylic acids is 1. The third kappa shape index (κ3) is 4.77. The minimum atomic E-state index is -1.21. The molecule has 13 nitrogen and oxygen atoms in total. The van der Waals surface area contributed by atoms with Crippen LogP contribution in [-0.2, 0) is 24.0 Å². The number of carbonyl (C=O) groups excluding carboxylic acids is 3. The molecule has 2 aliphatic heterocycles. The highest BCUT2D eigenvalue weighted by Gasteiger charge is 2.54. The van der Waals surface area contributed by atoms with Gasteiger partial charge in [0.25, 0.3) is 11.8 Å². The Balaban J connectivity index is 1.48. The number of carboxylic acids is 1. The molecule has 34 heavy (non-hydrogen) atoms. The van der Waals surface area contributed by atoms with Crippen molar-refractivity contribution in [3.63, 3.8) is 0 Å². The van der Waals surface area contributed by atoms with Gasteiger partial charge in [-0.15, -0.1) is 23.1 Å². The van der Waals surface area contributed by atoms with Crippen molar-refractivity contribution in [1.29, 1.82) is 0 Å². The summed E-state index contributed by atoms with van der Waals surface area (Å²) < 4.78 is 4.61. The predicted molar refractivity (Wildman–Crippen MR) is 126 cm³/mol. The fourth-order valence-corrected chi connectivity index (χ4v) is 6.76. The Labute approximate surface area is 208 Å². The van der Waals surface area contributed by atoms with E-state index < -0.39 is 29.2 Å². The normalized spacial score (nSPS) is 19.9. The monoisotopic (exact) mass is 541 g/mol. The van der Waals surface area contributed by atoms with Crippen molar-refractivity contribution in [2.75, 3.05) is 23.9 Å². The molecule has 0 radical (unpaired) electrons. The third-order valence-electron chi connectivity index (χ3n) is 4.57. The molecule has 0 saturated carbocycles. The van der Waals surface area contributed by atoms with Crippen molar-refractivity contribution in [2.24, 2.45) is 5.16 Å². The summed E-state index contributed by atoms with van der Waals surface area (Å²) in [6.07, 6.45) is 1.87. The number of oxime groups is 1. The Hall–Kier alpha value is -3.02. The van der Waals surface area contributed by atoms with Gasteiger partial charge in [-0.2, -0.15) is 4.37 Å². The molecule has 4 heterocycles. The highest BCUT2D eigenvalue weighted by Crippen LogP contribution is 2.41. The molecular weight excluding hydrogens is 526 g/mol. The summed E-state index contributed by atoms with van der Waals surface area (Å²) in [7, 11) is 1.25. The number of carbonyl (C=O) groups is 4. The first kappa shape index (κ1) is 24.1. The number of fused-ring (bicyclic) bond motifs is 1. The first-order chi connectivity index (χ1) is 16.4. The van der Waals surface area contributed by atoms with Gasteiger partial charge in [0.05, 0.1) is 0 Å². The lowest BCUT2D eigenvalue weighted by Gasteiger charge is -2.49. The van der Waals surface area contributed by atoms with Gasteiger partial charge in [0.1, 0.15) is 36.2 Å². The molecule has 0 spiro atoms. The fourth-order valence-electron chi connectivity index (χ4n) is 3.17. The molecule has 1 saturated heterocycles. The van der Waals surface area contributed by atoms with Gasteiger partial charge in [0.15, 0.2) is 15.2 Å². The lowest BCUT2D eigenvalue weighted by molar-refractivity contribution is -0.150. The number of β-lactam (4-membered cyclic amide) rings is 1. The number of hydrogen-bond donors (Lipinski definition) is 3. The largest absolute Gasteiger partial charge is 0.477 e. The Morgan fingerprint density at radius 2 is 2.29 bits per heavy atom. The summed E-state index contributed by atoms with van der Waals surface area (Å²) in [6.45, 7) is 0. The van der Waals surface area contributed by atoms with Crippen molar-refractivity contribution in [3.8, 4) is 0 Å². The minimum Gasteiger partial charge on any atom is -0.477 e. The van der Waals surface area contributed by atoms with Crippen LogP contribution in [0.15, 0.2) is 32.5 Å². The fraction of sp³-hybridized carbons (Fsp3) is 0.294. The molecule has 2 aliphatic rings. The molecule has 3 N–H and O–H groups in total. The average molecular weight is 542 g/mol. The molecule has 1 unspecified atom stereocenters. The highest BCUT2D eigenvalue weighted by molar-refractivity contribution is 8.01. The molecule has 0 bridgehead atoms. The number of amides is 3. The van der Waals surface area contributed by atoms with E-state index in [1.165, 1.54) is 58.8 Å². The van der Waals surface area contributed by atoms with E-state index >= 15 is 0 Å². The summed E-state index contributed by atoms with van der Waals surface area (Å²) in [6, 6.07) is -0.947. The van der Waals surface area contributed by atoms with E-state index in [1.54, 1.807) is 0 Å². The van der Waals surface area contributed by atoms with E-state index in [4.69, 9.17) is 4.84 Å². The molecule has 0 aromatic carbocycles. The van der Waals surface area contributed by atoms with Gasteiger partial charge >= 0.3 is 5.97 Å². The maximum absolute atomic E-state index is 12.9. The highest BCUT2D eigenvalue weighted by atomic mass is 32.2. The van der Waals surface area contributed by atoms with Crippen LogP contribution < -0.4 is 10.6 Å². The van der Waals surface area contributed by atoms with E-state index in [9.17, 15) is 24.3 Å². The quantitative estimate of drug-likeness (QED) is 0.125. The van der Waals surface area contributed by atoms with Crippen molar-refractivity contribution in [2.45, 2.75) is 15.8 Å². The van der Waals surface area contributed by atoms with E-state index in [0.29, 0.717) is 27.8 Å².